The zero-order valence-electron chi connectivity index (χ0n) is 69.0. The van der Waals surface area contributed by atoms with Crippen molar-refractivity contribution in [2.45, 2.75) is 0 Å². The first-order chi connectivity index (χ1) is 63.5. The number of aromatic nitrogens is 13. The van der Waals surface area contributed by atoms with Crippen LogP contribution in [0.25, 0.3) is 232 Å². The number of hydrogen-bond donors (Lipinski definition) is 0. The molecule has 13 heteroatoms. The van der Waals surface area contributed by atoms with E-state index in [0.717, 1.165) is 117 Å². The second-order valence-corrected chi connectivity index (χ2v) is 32.3. The van der Waals surface area contributed by atoms with E-state index in [1.54, 1.807) is 12.4 Å². The quantitative estimate of drug-likeness (QED) is 0.134. The SMILES string of the molecule is c1ccc(-c2nc(-c3ccccc3)nc(-n3c4ccccc4c4ccc5c(c6ccccc6n5-c5ccccc5)c43)n2)cc1.c1ccc(-n2c3ccccc3c3cc4c5ccccc5n(-c5cccc(-c6ccc7cccnc7n6)c5)c4cc32)cc1.c1ccc(-n2c3ccccc3c3cc4c5ccccc5n(-c5cccc(-c6ccnc7ncccc67)c5)c4cc32)cc1. The lowest BCUT2D eigenvalue weighted by atomic mass is 10.0. The minimum Gasteiger partial charge on any atom is -0.309 e. The van der Waals surface area contributed by atoms with Crippen molar-refractivity contribution in [3.8, 4) is 79.5 Å². The summed E-state index contributed by atoms with van der Waals surface area (Å²) in [6, 6.07) is 150. The van der Waals surface area contributed by atoms with Gasteiger partial charge in [-0.05, 0) is 181 Å². The molecule has 16 aromatic carbocycles. The van der Waals surface area contributed by atoms with Crippen molar-refractivity contribution < 1.29 is 0 Å². The van der Waals surface area contributed by atoms with Crippen LogP contribution in [-0.4, -0.2) is 62.3 Å². The van der Waals surface area contributed by atoms with Gasteiger partial charge in [0.2, 0.25) is 5.95 Å². The van der Waals surface area contributed by atoms with Gasteiger partial charge in [0.15, 0.2) is 22.9 Å². The summed E-state index contributed by atoms with van der Waals surface area (Å²) in [5.41, 5.74) is 27.3. The summed E-state index contributed by atoms with van der Waals surface area (Å²) < 4.78 is 14.1. The Balaban J connectivity index is 0.000000104. The maximum atomic E-state index is 5.16. The Morgan fingerprint density at radius 2 is 0.547 bits per heavy atom. The predicted octanol–water partition coefficient (Wildman–Crippen LogP) is 28.4. The molecule has 0 N–H and O–H groups in total. The van der Waals surface area contributed by atoms with Crippen LogP contribution >= 0.6 is 0 Å². The van der Waals surface area contributed by atoms with Gasteiger partial charge in [0.1, 0.15) is 0 Å². The van der Waals surface area contributed by atoms with Crippen molar-refractivity contribution in [3.05, 3.63) is 443 Å². The molecule has 128 heavy (non-hydrogen) atoms. The van der Waals surface area contributed by atoms with Gasteiger partial charge in [-0.25, -0.2) is 24.9 Å². The third kappa shape index (κ3) is 12.0. The lowest BCUT2D eigenvalue weighted by molar-refractivity contribution is 0.955. The largest absolute Gasteiger partial charge is 0.309 e. The van der Waals surface area contributed by atoms with Crippen molar-refractivity contribution in [1.29, 1.82) is 0 Å². The van der Waals surface area contributed by atoms with E-state index >= 15 is 0 Å². The molecule has 0 aliphatic rings. The van der Waals surface area contributed by atoms with Gasteiger partial charge in [0, 0.05) is 139 Å². The Morgan fingerprint density at radius 3 is 1.05 bits per heavy atom. The van der Waals surface area contributed by atoms with Crippen LogP contribution in [0.4, 0.5) is 0 Å². The van der Waals surface area contributed by atoms with E-state index in [2.05, 4.69) is 388 Å². The van der Waals surface area contributed by atoms with Crippen LogP contribution in [0.1, 0.15) is 0 Å². The monoisotopic (exact) mass is 1640 g/mol. The number of fused-ring (bicyclic) bond motifs is 21. The average Bonchev–Trinajstić information content (AvgIpc) is 1.55. The molecule has 27 aromatic rings. The molecule has 0 radical (unpaired) electrons. The van der Waals surface area contributed by atoms with Crippen molar-refractivity contribution in [1.82, 2.24) is 62.3 Å². The zero-order valence-corrected chi connectivity index (χ0v) is 69.0. The molecular formula is C115H73N13. The second kappa shape index (κ2) is 30.2. The molecule has 0 atom stereocenters. The molecule has 0 saturated carbocycles. The van der Waals surface area contributed by atoms with Crippen LogP contribution in [0, 0.1) is 0 Å². The van der Waals surface area contributed by atoms with Gasteiger partial charge in [-0.2, -0.15) is 9.97 Å². The number of benzene rings is 16. The Kier molecular flexibility index (Phi) is 17.3. The highest BCUT2D eigenvalue weighted by Gasteiger charge is 2.26. The molecule has 0 aliphatic carbocycles. The standard InChI is InChI=1S/C39H25N5.2C38H24N4/c1-4-14-26(15-5-1)37-40-38(27-16-6-2-7-17-27)42-39(41-37)44-32-22-12-10-20-29(32)30-24-25-34-35(36(30)44)31-21-11-13-23-33(31)43(34)28-18-8-3-9-19-28;1-2-12-27(13-3-1)41-34-17-6-4-15-29(34)31-23-32-30-16-5-7-18-35(30)42(37(32)24-36(31)41)28-14-8-10-26(22-28)33-20-19-25-11-9-21-39-38(25)40-33;1-2-11-26(12-3-1)41-34-17-6-4-14-29(34)32-23-33-30-15-5-7-18-35(30)42(37(33)24-36(32)41)27-13-8-10-25(22-27)28-19-21-40-38-31(28)16-9-20-39-38/h1-25H;2*1-24H. The summed E-state index contributed by atoms with van der Waals surface area (Å²) in [7, 11) is 0. The van der Waals surface area contributed by atoms with Crippen molar-refractivity contribution in [3.63, 3.8) is 0 Å². The summed E-state index contributed by atoms with van der Waals surface area (Å²) in [6.45, 7) is 0. The molecule has 0 aliphatic heterocycles. The summed E-state index contributed by atoms with van der Waals surface area (Å²) >= 11 is 0. The van der Waals surface area contributed by atoms with Crippen LogP contribution in [0.15, 0.2) is 443 Å². The van der Waals surface area contributed by atoms with Crippen molar-refractivity contribution >= 4 is 153 Å². The Morgan fingerprint density at radius 1 is 0.180 bits per heavy atom. The maximum absolute atomic E-state index is 5.16. The Hall–Kier alpha value is -17.6. The van der Waals surface area contributed by atoms with E-state index in [4.69, 9.17) is 19.9 Å². The van der Waals surface area contributed by atoms with Crippen molar-refractivity contribution in [2.75, 3.05) is 0 Å². The Bertz CT molecular complexity index is 9010. The molecule has 0 bridgehead atoms. The number of rotatable bonds is 10. The van der Waals surface area contributed by atoms with E-state index in [-0.39, 0.29) is 0 Å². The predicted molar refractivity (Wildman–Crippen MR) is 527 cm³/mol. The fourth-order valence-corrected chi connectivity index (χ4v) is 19.6. The van der Waals surface area contributed by atoms with E-state index in [0.29, 0.717) is 17.6 Å². The number of pyridine rings is 4. The molecule has 0 amide bonds. The topological polar surface area (TPSA) is 120 Å². The number of para-hydroxylation sites is 9. The van der Waals surface area contributed by atoms with Crippen LogP contribution in [0.5, 0.6) is 0 Å². The van der Waals surface area contributed by atoms with Gasteiger partial charge in [-0.3, -0.25) is 4.57 Å². The fraction of sp³-hybridized carbons (Fsp3) is 0. The minimum atomic E-state index is 0.591. The number of nitrogens with zero attached hydrogens (tertiary/aromatic N) is 13. The highest BCUT2D eigenvalue weighted by atomic mass is 15.2. The average molecular weight is 1640 g/mol. The lowest BCUT2D eigenvalue weighted by Gasteiger charge is -2.12. The normalized spacial score (nSPS) is 11.8. The highest BCUT2D eigenvalue weighted by molar-refractivity contribution is 6.27. The van der Waals surface area contributed by atoms with Gasteiger partial charge in [0.25, 0.3) is 0 Å². The molecule has 11 aromatic heterocycles. The van der Waals surface area contributed by atoms with Crippen molar-refractivity contribution in [2.24, 2.45) is 0 Å². The van der Waals surface area contributed by atoms with Gasteiger partial charge in [-0.15, -0.1) is 0 Å². The van der Waals surface area contributed by atoms with Crippen LogP contribution in [0.2, 0.25) is 0 Å². The molecule has 0 unspecified atom stereocenters. The second-order valence-electron chi connectivity index (χ2n) is 32.3. The van der Waals surface area contributed by atoms with Gasteiger partial charge in [0.05, 0.1) is 71.9 Å². The molecule has 0 saturated heterocycles. The molecule has 0 spiro atoms. The molecule has 598 valence electrons. The van der Waals surface area contributed by atoms with Gasteiger partial charge < -0.3 is 22.8 Å². The molecule has 13 nitrogen and oxygen atoms in total. The van der Waals surface area contributed by atoms with Crippen LogP contribution in [0.3, 0.4) is 0 Å². The first kappa shape index (κ1) is 73.2. The van der Waals surface area contributed by atoms with Gasteiger partial charge in [-0.1, -0.05) is 255 Å². The minimum absolute atomic E-state index is 0.591. The summed E-state index contributed by atoms with van der Waals surface area (Å²) in [5, 5.41) is 16.8. The smallest absolute Gasteiger partial charge is 0.238 e. The van der Waals surface area contributed by atoms with E-state index in [1.807, 2.05) is 85.1 Å². The lowest BCUT2D eigenvalue weighted by Crippen LogP contribution is -2.06. The molecular weight excluding hydrogens is 1560 g/mol. The highest BCUT2D eigenvalue weighted by Crippen LogP contribution is 2.46. The Labute approximate surface area is 733 Å². The summed E-state index contributed by atoms with van der Waals surface area (Å²) in [4.78, 5) is 33.6. The first-order valence-corrected chi connectivity index (χ1v) is 43.1. The third-order valence-corrected chi connectivity index (χ3v) is 25.1. The van der Waals surface area contributed by atoms with Gasteiger partial charge >= 0.3 is 0 Å². The van der Waals surface area contributed by atoms with E-state index in [9.17, 15) is 0 Å². The molecule has 27 rings (SSSR count). The zero-order chi connectivity index (χ0) is 84.3. The molecule has 11 heterocycles. The fourth-order valence-electron chi connectivity index (χ4n) is 19.6. The third-order valence-electron chi connectivity index (χ3n) is 25.1. The van der Waals surface area contributed by atoms with E-state index in [1.165, 1.54) is 98.0 Å². The number of hydrogen-bond acceptors (Lipinski definition) is 7. The maximum Gasteiger partial charge on any atom is 0.238 e. The first-order valence-electron chi connectivity index (χ1n) is 43.1. The molecule has 0 fully saturated rings. The van der Waals surface area contributed by atoms with Crippen LogP contribution < -0.4 is 0 Å². The van der Waals surface area contributed by atoms with E-state index < -0.39 is 0 Å². The summed E-state index contributed by atoms with van der Waals surface area (Å²) in [6.07, 6.45) is 5.43. The summed E-state index contributed by atoms with van der Waals surface area (Å²) in [5.74, 6) is 1.87. The van der Waals surface area contributed by atoms with Crippen LogP contribution in [-0.2, 0) is 0 Å².